The molecule has 3 nitrogen and oxygen atoms in total. The minimum absolute atomic E-state index is 0.166. The predicted octanol–water partition coefficient (Wildman–Crippen LogP) is 1.74. The molecule has 14 heavy (non-hydrogen) atoms. The minimum Gasteiger partial charge on any atom is -0.486 e. The van der Waals surface area contributed by atoms with Crippen LogP contribution in [0.25, 0.3) is 0 Å². The van der Waals surface area contributed by atoms with Crippen molar-refractivity contribution in [3.8, 4) is 5.75 Å². The molecule has 0 aromatic heterocycles. The van der Waals surface area contributed by atoms with Crippen LogP contribution in [-0.2, 0) is 4.74 Å². The second-order valence-electron chi connectivity index (χ2n) is 3.64. The van der Waals surface area contributed by atoms with Gasteiger partial charge in [-0.1, -0.05) is 6.07 Å². The van der Waals surface area contributed by atoms with Gasteiger partial charge in [0.15, 0.2) is 0 Å². The molecule has 1 aliphatic heterocycles. The van der Waals surface area contributed by atoms with Gasteiger partial charge in [0.1, 0.15) is 11.9 Å². The van der Waals surface area contributed by atoms with Gasteiger partial charge < -0.3 is 15.2 Å². The molecule has 0 saturated carbocycles. The van der Waals surface area contributed by atoms with E-state index in [4.69, 9.17) is 15.2 Å². The first-order chi connectivity index (χ1) is 6.75. The van der Waals surface area contributed by atoms with E-state index in [0.29, 0.717) is 12.3 Å². The summed E-state index contributed by atoms with van der Waals surface area (Å²) in [5, 5.41) is 0. The monoisotopic (exact) mass is 193 g/mol. The maximum Gasteiger partial charge on any atom is 0.142 e. The van der Waals surface area contributed by atoms with E-state index in [-0.39, 0.29) is 6.10 Å². The van der Waals surface area contributed by atoms with Crippen molar-refractivity contribution in [3.63, 3.8) is 0 Å². The standard InChI is InChI=1S/C11H15NO2/c1-8-2-3-10(12)11(6-8)14-9-4-5-13-7-9/h2-3,6,9H,4-5,7,12H2,1H3/t9-/m0/s1. The summed E-state index contributed by atoms with van der Waals surface area (Å²) in [5.74, 6) is 0.778. The number of aryl methyl sites for hydroxylation is 1. The fourth-order valence-electron chi connectivity index (χ4n) is 1.53. The van der Waals surface area contributed by atoms with E-state index >= 15 is 0 Å². The summed E-state index contributed by atoms with van der Waals surface area (Å²) in [5.41, 5.74) is 7.66. The van der Waals surface area contributed by atoms with Crippen LogP contribution in [0, 0.1) is 6.92 Å². The number of anilines is 1. The lowest BCUT2D eigenvalue weighted by Gasteiger charge is -2.14. The SMILES string of the molecule is Cc1ccc(N)c(O[C@H]2CCOC2)c1. The van der Waals surface area contributed by atoms with Crippen molar-refractivity contribution >= 4 is 5.69 Å². The summed E-state index contributed by atoms with van der Waals surface area (Å²) >= 11 is 0. The lowest BCUT2D eigenvalue weighted by atomic mass is 10.2. The molecule has 0 bridgehead atoms. The van der Waals surface area contributed by atoms with Crippen LogP contribution in [0.5, 0.6) is 5.75 Å². The lowest BCUT2D eigenvalue weighted by Crippen LogP contribution is -2.16. The molecule has 0 unspecified atom stereocenters. The molecule has 0 aliphatic carbocycles. The molecule has 1 fully saturated rings. The van der Waals surface area contributed by atoms with Gasteiger partial charge in [-0.3, -0.25) is 0 Å². The largest absolute Gasteiger partial charge is 0.486 e. The van der Waals surface area contributed by atoms with Crippen LogP contribution in [0.4, 0.5) is 5.69 Å². The van der Waals surface area contributed by atoms with E-state index in [1.54, 1.807) is 0 Å². The summed E-state index contributed by atoms with van der Waals surface area (Å²) in [6.45, 7) is 3.49. The van der Waals surface area contributed by atoms with Crippen LogP contribution in [0.2, 0.25) is 0 Å². The van der Waals surface area contributed by atoms with Gasteiger partial charge in [-0.25, -0.2) is 0 Å². The summed E-state index contributed by atoms with van der Waals surface area (Å²) < 4.78 is 11.0. The Morgan fingerprint density at radius 3 is 3.07 bits per heavy atom. The number of hydrogen-bond acceptors (Lipinski definition) is 3. The molecule has 0 spiro atoms. The Labute approximate surface area is 83.8 Å². The maximum atomic E-state index is 5.80. The Hall–Kier alpha value is -1.22. The van der Waals surface area contributed by atoms with Gasteiger partial charge in [-0.05, 0) is 24.6 Å². The van der Waals surface area contributed by atoms with Crippen LogP contribution in [-0.4, -0.2) is 19.3 Å². The highest BCUT2D eigenvalue weighted by molar-refractivity contribution is 5.53. The van der Waals surface area contributed by atoms with E-state index in [0.717, 1.165) is 24.3 Å². The van der Waals surface area contributed by atoms with Crippen LogP contribution in [0.15, 0.2) is 18.2 Å². The van der Waals surface area contributed by atoms with Crippen LogP contribution in [0.3, 0.4) is 0 Å². The second-order valence-corrected chi connectivity index (χ2v) is 3.64. The molecule has 1 aliphatic rings. The van der Waals surface area contributed by atoms with Gasteiger partial charge in [0.25, 0.3) is 0 Å². The van der Waals surface area contributed by atoms with E-state index in [9.17, 15) is 0 Å². The van der Waals surface area contributed by atoms with E-state index in [1.165, 1.54) is 0 Å². The summed E-state index contributed by atoms with van der Waals surface area (Å²) in [6, 6.07) is 5.82. The minimum atomic E-state index is 0.166. The van der Waals surface area contributed by atoms with Gasteiger partial charge in [0.2, 0.25) is 0 Å². The molecule has 2 N–H and O–H groups in total. The molecule has 1 aromatic rings. The van der Waals surface area contributed by atoms with Crippen molar-refractivity contribution in [2.24, 2.45) is 0 Å². The lowest BCUT2D eigenvalue weighted by molar-refractivity contribution is 0.142. The van der Waals surface area contributed by atoms with Gasteiger partial charge in [-0.2, -0.15) is 0 Å². The normalized spacial score (nSPS) is 21.1. The third kappa shape index (κ3) is 1.99. The highest BCUT2D eigenvalue weighted by Gasteiger charge is 2.17. The maximum absolute atomic E-state index is 5.80. The summed E-state index contributed by atoms with van der Waals surface area (Å²) in [4.78, 5) is 0. The van der Waals surface area contributed by atoms with Crippen molar-refractivity contribution in [3.05, 3.63) is 23.8 Å². The third-order valence-corrected chi connectivity index (χ3v) is 2.35. The van der Waals surface area contributed by atoms with E-state index in [1.807, 2.05) is 25.1 Å². The average molecular weight is 193 g/mol. The Kier molecular flexibility index (Phi) is 2.59. The highest BCUT2D eigenvalue weighted by atomic mass is 16.5. The predicted molar refractivity (Wildman–Crippen MR) is 55.4 cm³/mol. The third-order valence-electron chi connectivity index (χ3n) is 2.35. The molecule has 1 saturated heterocycles. The number of rotatable bonds is 2. The Bertz CT molecular complexity index is 319. The molecular weight excluding hydrogens is 178 g/mol. The summed E-state index contributed by atoms with van der Waals surface area (Å²) in [7, 11) is 0. The molecule has 1 atom stereocenters. The van der Waals surface area contributed by atoms with Gasteiger partial charge >= 0.3 is 0 Å². The molecule has 76 valence electrons. The van der Waals surface area contributed by atoms with Crippen molar-refractivity contribution in [2.45, 2.75) is 19.4 Å². The fraction of sp³-hybridized carbons (Fsp3) is 0.455. The number of benzene rings is 1. The zero-order valence-electron chi connectivity index (χ0n) is 8.32. The summed E-state index contributed by atoms with van der Waals surface area (Å²) in [6.07, 6.45) is 1.12. The zero-order valence-corrected chi connectivity index (χ0v) is 8.32. The molecule has 0 amide bonds. The quantitative estimate of drug-likeness (QED) is 0.728. The molecule has 0 radical (unpaired) electrons. The Morgan fingerprint density at radius 1 is 1.50 bits per heavy atom. The Morgan fingerprint density at radius 2 is 2.36 bits per heavy atom. The molecular formula is C11H15NO2. The smallest absolute Gasteiger partial charge is 0.142 e. The number of hydrogen-bond donors (Lipinski definition) is 1. The van der Waals surface area contributed by atoms with E-state index < -0.39 is 0 Å². The molecule has 2 rings (SSSR count). The van der Waals surface area contributed by atoms with Crippen molar-refractivity contribution in [1.29, 1.82) is 0 Å². The molecule has 1 heterocycles. The van der Waals surface area contributed by atoms with Crippen molar-refractivity contribution < 1.29 is 9.47 Å². The zero-order chi connectivity index (χ0) is 9.97. The molecule has 3 heteroatoms. The van der Waals surface area contributed by atoms with Gasteiger partial charge in [0, 0.05) is 6.42 Å². The van der Waals surface area contributed by atoms with Crippen LogP contribution >= 0.6 is 0 Å². The van der Waals surface area contributed by atoms with Gasteiger partial charge in [-0.15, -0.1) is 0 Å². The van der Waals surface area contributed by atoms with Gasteiger partial charge in [0.05, 0.1) is 18.9 Å². The van der Waals surface area contributed by atoms with Crippen molar-refractivity contribution in [2.75, 3.05) is 18.9 Å². The highest BCUT2D eigenvalue weighted by Crippen LogP contribution is 2.25. The topological polar surface area (TPSA) is 44.5 Å². The Balaban J connectivity index is 2.10. The number of nitrogens with two attached hydrogens (primary N) is 1. The van der Waals surface area contributed by atoms with Crippen molar-refractivity contribution in [1.82, 2.24) is 0 Å². The van der Waals surface area contributed by atoms with Crippen LogP contribution in [0.1, 0.15) is 12.0 Å². The average Bonchev–Trinajstić information content (AvgIpc) is 2.64. The number of nitrogen functional groups attached to an aromatic ring is 1. The number of ether oxygens (including phenoxy) is 2. The first kappa shape index (κ1) is 9.34. The second kappa shape index (κ2) is 3.88. The van der Waals surface area contributed by atoms with E-state index in [2.05, 4.69) is 0 Å². The fourth-order valence-corrected chi connectivity index (χ4v) is 1.53. The first-order valence-electron chi connectivity index (χ1n) is 4.86. The first-order valence-corrected chi connectivity index (χ1v) is 4.86. The van der Waals surface area contributed by atoms with Crippen LogP contribution < -0.4 is 10.5 Å². The molecule has 1 aromatic carbocycles.